The molecule has 0 fully saturated rings. The van der Waals surface area contributed by atoms with Crippen LogP contribution in [-0.2, 0) is 6.54 Å². The monoisotopic (exact) mass is 475 g/mol. The van der Waals surface area contributed by atoms with Crippen LogP contribution in [0.25, 0.3) is 10.2 Å². The SMILES string of the molecule is Cc1cc(C)n(CCN(C(=O)c2ccc([N+](=O)[O-])s2)c2nc3c(C)c(Cl)ccc3s2)n1. The topological polar surface area (TPSA) is 94.2 Å². The summed E-state index contributed by atoms with van der Waals surface area (Å²) in [6, 6.07) is 8.49. The van der Waals surface area contributed by atoms with Crippen molar-refractivity contribution < 1.29 is 9.72 Å². The van der Waals surface area contributed by atoms with E-state index in [-0.39, 0.29) is 15.8 Å². The molecule has 0 saturated carbocycles. The molecule has 3 aromatic heterocycles. The molecular formula is C20H18ClN5O3S2. The third kappa shape index (κ3) is 4.18. The summed E-state index contributed by atoms with van der Waals surface area (Å²) in [7, 11) is 0. The number of halogens is 1. The highest BCUT2D eigenvalue weighted by Gasteiger charge is 2.25. The zero-order valence-electron chi connectivity index (χ0n) is 17.0. The first-order valence-corrected chi connectivity index (χ1v) is 11.4. The number of aryl methyl sites for hydroxylation is 3. The number of hydrogen-bond acceptors (Lipinski definition) is 7. The third-order valence-corrected chi connectivity index (χ3v) is 7.31. The minimum absolute atomic E-state index is 0.0752. The van der Waals surface area contributed by atoms with Crippen LogP contribution in [0.15, 0.2) is 30.3 Å². The molecular weight excluding hydrogens is 458 g/mol. The van der Waals surface area contributed by atoms with Crippen molar-refractivity contribution in [3.63, 3.8) is 0 Å². The van der Waals surface area contributed by atoms with Gasteiger partial charge in [0.05, 0.1) is 32.3 Å². The van der Waals surface area contributed by atoms with Crippen LogP contribution in [0.3, 0.4) is 0 Å². The van der Waals surface area contributed by atoms with Gasteiger partial charge in [0.15, 0.2) is 5.13 Å². The molecule has 0 radical (unpaired) electrons. The summed E-state index contributed by atoms with van der Waals surface area (Å²) >= 11 is 8.48. The van der Waals surface area contributed by atoms with Crippen molar-refractivity contribution in [2.45, 2.75) is 27.3 Å². The van der Waals surface area contributed by atoms with E-state index in [2.05, 4.69) is 10.1 Å². The molecule has 1 amide bonds. The Hall–Kier alpha value is -2.82. The Kier molecular flexibility index (Phi) is 5.78. The molecule has 0 unspecified atom stereocenters. The zero-order valence-corrected chi connectivity index (χ0v) is 19.3. The van der Waals surface area contributed by atoms with Crippen molar-refractivity contribution in [1.29, 1.82) is 0 Å². The maximum absolute atomic E-state index is 13.3. The molecule has 8 nitrogen and oxygen atoms in total. The Labute approximate surface area is 190 Å². The minimum Gasteiger partial charge on any atom is -0.281 e. The van der Waals surface area contributed by atoms with E-state index < -0.39 is 4.92 Å². The van der Waals surface area contributed by atoms with E-state index in [0.717, 1.165) is 38.5 Å². The van der Waals surface area contributed by atoms with Crippen molar-refractivity contribution in [1.82, 2.24) is 14.8 Å². The lowest BCUT2D eigenvalue weighted by Gasteiger charge is -2.19. The standard InChI is InChI=1S/C20H18ClN5O3S2/c1-11-10-12(2)25(23-11)9-8-24(19(27)16-6-7-17(30-16)26(28)29)20-22-18-13(3)14(21)4-5-15(18)31-20/h4-7,10H,8-9H2,1-3H3. The minimum atomic E-state index is -0.495. The van der Waals surface area contributed by atoms with E-state index in [0.29, 0.717) is 23.2 Å². The number of rotatable bonds is 6. The molecule has 0 bridgehead atoms. The fraction of sp³-hybridized carbons (Fsp3) is 0.250. The van der Waals surface area contributed by atoms with Gasteiger partial charge in [0.2, 0.25) is 0 Å². The Morgan fingerprint density at radius 1 is 1.23 bits per heavy atom. The van der Waals surface area contributed by atoms with E-state index in [4.69, 9.17) is 11.6 Å². The Bertz CT molecular complexity index is 1310. The summed E-state index contributed by atoms with van der Waals surface area (Å²) in [6.07, 6.45) is 0. The summed E-state index contributed by atoms with van der Waals surface area (Å²) in [6.45, 7) is 6.54. The van der Waals surface area contributed by atoms with Gasteiger partial charge >= 0.3 is 5.00 Å². The van der Waals surface area contributed by atoms with Crippen LogP contribution >= 0.6 is 34.3 Å². The molecule has 4 aromatic rings. The van der Waals surface area contributed by atoms with Gasteiger partial charge in [0.25, 0.3) is 5.91 Å². The maximum Gasteiger partial charge on any atom is 0.324 e. The predicted octanol–water partition coefficient (Wildman–Crippen LogP) is 5.39. The molecule has 3 heterocycles. The van der Waals surface area contributed by atoms with Crippen molar-refractivity contribution in [3.05, 3.63) is 67.3 Å². The van der Waals surface area contributed by atoms with Gasteiger partial charge in [-0.05, 0) is 50.6 Å². The number of thiophene rings is 1. The summed E-state index contributed by atoms with van der Waals surface area (Å²) in [5.41, 5.74) is 3.48. The fourth-order valence-electron chi connectivity index (χ4n) is 3.26. The molecule has 0 N–H and O–H groups in total. The average molecular weight is 476 g/mol. The van der Waals surface area contributed by atoms with Crippen LogP contribution in [0, 0.1) is 30.9 Å². The van der Waals surface area contributed by atoms with Gasteiger partial charge in [0, 0.05) is 23.3 Å². The number of carbonyl (C=O) groups excluding carboxylic acids is 1. The predicted molar refractivity (Wildman–Crippen MR) is 124 cm³/mol. The molecule has 1 aromatic carbocycles. The van der Waals surface area contributed by atoms with E-state index in [1.807, 2.05) is 43.7 Å². The Morgan fingerprint density at radius 2 is 2.00 bits per heavy atom. The highest BCUT2D eigenvalue weighted by molar-refractivity contribution is 7.22. The number of benzene rings is 1. The number of amides is 1. The smallest absolute Gasteiger partial charge is 0.281 e. The first-order chi connectivity index (χ1) is 14.7. The summed E-state index contributed by atoms with van der Waals surface area (Å²) in [4.78, 5) is 30.4. The van der Waals surface area contributed by atoms with E-state index >= 15 is 0 Å². The fourth-order valence-corrected chi connectivity index (χ4v) is 5.23. The van der Waals surface area contributed by atoms with Gasteiger partial charge < -0.3 is 0 Å². The molecule has 11 heteroatoms. The molecule has 4 rings (SSSR count). The highest BCUT2D eigenvalue weighted by atomic mass is 35.5. The number of thiazole rings is 1. The van der Waals surface area contributed by atoms with Gasteiger partial charge in [-0.15, -0.1) is 0 Å². The van der Waals surface area contributed by atoms with Crippen molar-refractivity contribution in [3.8, 4) is 0 Å². The van der Waals surface area contributed by atoms with Crippen LogP contribution in [0.4, 0.5) is 10.1 Å². The van der Waals surface area contributed by atoms with E-state index in [1.54, 1.807) is 4.90 Å². The van der Waals surface area contributed by atoms with E-state index in [9.17, 15) is 14.9 Å². The zero-order chi connectivity index (χ0) is 22.3. The maximum atomic E-state index is 13.3. The number of fused-ring (bicyclic) bond motifs is 1. The van der Waals surface area contributed by atoms with Crippen molar-refractivity contribution in [2.75, 3.05) is 11.4 Å². The molecule has 160 valence electrons. The van der Waals surface area contributed by atoms with Gasteiger partial charge in [0.1, 0.15) is 0 Å². The van der Waals surface area contributed by atoms with Crippen LogP contribution in [-0.4, -0.2) is 32.1 Å². The number of hydrogen-bond donors (Lipinski definition) is 0. The van der Waals surface area contributed by atoms with E-state index in [1.165, 1.54) is 23.5 Å². The number of anilines is 1. The molecule has 0 atom stereocenters. The lowest BCUT2D eigenvalue weighted by molar-refractivity contribution is -0.380. The normalized spacial score (nSPS) is 11.2. The number of nitrogens with zero attached hydrogens (tertiary/aromatic N) is 5. The number of nitro groups is 1. The molecule has 0 spiro atoms. The second-order valence-corrected chi connectivity index (χ2v) is 9.50. The van der Waals surface area contributed by atoms with Crippen LogP contribution in [0.1, 0.15) is 26.6 Å². The molecule has 0 saturated heterocycles. The summed E-state index contributed by atoms with van der Waals surface area (Å²) < 4.78 is 2.75. The van der Waals surface area contributed by atoms with Gasteiger partial charge in [-0.25, -0.2) is 4.98 Å². The number of carbonyl (C=O) groups is 1. The lowest BCUT2D eigenvalue weighted by atomic mass is 10.2. The van der Waals surface area contributed by atoms with Crippen molar-refractivity contribution in [2.24, 2.45) is 0 Å². The Morgan fingerprint density at radius 3 is 2.65 bits per heavy atom. The quantitative estimate of drug-likeness (QED) is 0.275. The molecule has 31 heavy (non-hydrogen) atoms. The molecule has 0 aliphatic heterocycles. The third-order valence-electron chi connectivity index (χ3n) is 4.83. The van der Waals surface area contributed by atoms with Crippen LogP contribution in [0.5, 0.6) is 0 Å². The second kappa shape index (κ2) is 8.37. The largest absolute Gasteiger partial charge is 0.324 e. The summed E-state index contributed by atoms with van der Waals surface area (Å²) in [5, 5.41) is 16.6. The van der Waals surface area contributed by atoms with Crippen molar-refractivity contribution >= 4 is 60.5 Å². The van der Waals surface area contributed by atoms with Gasteiger partial charge in [-0.2, -0.15) is 5.10 Å². The molecule has 0 aliphatic carbocycles. The number of aromatic nitrogens is 3. The highest BCUT2D eigenvalue weighted by Crippen LogP contribution is 2.35. The summed E-state index contributed by atoms with van der Waals surface area (Å²) in [5.74, 6) is -0.331. The Balaban J connectivity index is 1.72. The van der Waals surface area contributed by atoms with Crippen LogP contribution < -0.4 is 4.90 Å². The first-order valence-electron chi connectivity index (χ1n) is 9.37. The van der Waals surface area contributed by atoms with Crippen LogP contribution in [0.2, 0.25) is 5.02 Å². The molecule has 0 aliphatic rings. The second-order valence-electron chi connectivity index (χ2n) is 7.02. The lowest BCUT2D eigenvalue weighted by Crippen LogP contribution is -2.33. The van der Waals surface area contributed by atoms with Gasteiger partial charge in [-0.1, -0.05) is 34.3 Å². The van der Waals surface area contributed by atoms with Gasteiger partial charge in [-0.3, -0.25) is 24.5 Å². The average Bonchev–Trinajstić information content (AvgIpc) is 3.44. The first kappa shape index (κ1) is 21.4.